The van der Waals surface area contributed by atoms with Gasteiger partial charge in [-0.15, -0.1) is 0 Å². The van der Waals surface area contributed by atoms with Crippen LogP contribution in [0.4, 0.5) is 0 Å². The summed E-state index contributed by atoms with van der Waals surface area (Å²) in [6.07, 6.45) is 5.35. The molecule has 0 aromatic carbocycles. The lowest BCUT2D eigenvalue weighted by Crippen LogP contribution is -1.90. The van der Waals surface area contributed by atoms with E-state index in [4.69, 9.17) is 11.6 Å². The van der Waals surface area contributed by atoms with Crippen molar-refractivity contribution in [2.45, 2.75) is 6.42 Å². The van der Waals surface area contributed by atoms with Gasteiger partial charge in [0.2, 0.25) is 6.08 Å². The summed E-state index contributed by atoms with van der Waals surface area (Å²) in [6.45, 7) is 0.424. The van der Waals surface area contributed by atoms with Crippen molar-refractivity contribution in [1.29, 1.82) is 0 Å². The first kappa shape index (κ1) is 8.91. The minimum absolute atomic E-state index is 0.424. The Morgan fingerprint density at radius 1 is 1.67 bits per heavy atom. The second-order valence-electron chi connectivity index (χ2n) is 2.19. The molecule has 1 rings (SSSR count). The summed E-state index contributed by atoms with van der Waals surface area (Å²) in [7, 11) is 0. The molecule has 0 bridgehead atoms. The molecule has 3 nitrogen and oxygen atoms in total. The number of aromatic nitrogens is 1. The summed E-state index contributed by atoms with van der Waals surface area (Å²) >= 11 is 5.80. The Balaban J connectivity index is 2.62. The lowest BCUT2D eigenvalue weighted by molar-refractivity contribution is 0.563. The first-order valence-electron chi connectivity index (χ1n) is 3.46. The lowest BCUT2D eigenvalue weighted by atomic mass is 10.2. The van der Waals surface area contributed by atoms with E-state index in [9.17, 15) is 4.79 Å². The number of pyridine rings is 1. The molecule has 1 aromatic rings. The fourth-order valence-corrected chi connectivity index (χ4v) is 1.04. The third-order valence-electron chi connectivity index (χ3n) is 1.41. The van der Waals surface area contributed by atoms with Crippen LogP contribution in [0.2, 0.25) is 5.02 Å². The van der Waals surface area contributed by atoms with Gasteiger partial charge in [0.05, 0.1) is 11.6 Å². The van der Waals surface area contributed by atoms with Gasteiger partial charge in [0.25, 0.3) is 0 Å². The zero-order chi connectivity index (χ0) is 8.81. The molecule has 1 heterocycles. The van der Waals surface area contributed by atoms with Crippen molar-refractivity contribution in [1.82, 2.24) is 4.98 Å². The molecular weight excluding hydrogens is 176 g/mol. The summed E-state index contributed by atoms with van der Waals surface area (Å²) in [4.78, 5) is 17.0. The molecule has 0 N–H and O–H groups in total. The van der Waals surface area contributed by atoms with Gasteiger partial charge in [0.15, 0.2) is 0 Å². The van der Waals surface area contributed by atoms with E-state index in [0.717, 1.165) is 5.56 Å². The van der Waals surface area contributed by atoms with E-state index in [1.54, 1.807) is 12.4 Å². The van der Waals surface area contributed by atoms with E-state index < -0.39 is 0 Å². The second kappa shape index (κ2) is 4.65. The van der Waals surface area contributed by atoms with E-state index >= 15 is 0 Å². The van der Waals surface area contributed by atoms with Gasteiger partial charge in [-0.2, -0.15) is 0 Å². The molecule has 0 radical (unpaired) electrons. The lowest BCUT2D eigenvalue weighted by Gasteiger charge is -1.98. The minimum Gasteiger partial charge on any atom is -0.263 e. The van der Waals surface area contributed by atoms with Crippen molar-refractivity contribution in [3.8, 4) is 0 Å². The number of isocyanates is 1. The molecule has 1 aromatic heterocycles. The largest absolute Gasteiger partial charge is 0.263 e. The smallest absolute Gasteiger partial charge is 0.234 e. The Hall–Kier alpha value is -1.18. The van der Waals surface area contributed by atoms with E-state index in [0.29, 0.717) is 18.0 Å². The van der Waals surface area contributed by atoms with Gasteiger partial charge in [-0.25, -0.2) is 9.79 Å². The summed E-state index contributed by atoms with van der Waals surface area (Å²) in [5, 5.41) is 0.610. The van der Waals surface area contributed by atoms with E-state index in [1.807, 2.05) is 6.07 Å². The predicted octanol–water partition coefficient (Wildman–Crippen LogP) is 1.61. The summed E-state index contributed by atoms with van der Waals surface area (Å²) in [5.74, 6) is 0. The Bertz CT molecular complexity index is 308. The van der Waals surface area contributed by atoms with Crippen molar-refractivity contribution >= 4 is 17.7 Å². The average molecular weight is 183 g/mol. The second-order valence-corrected chi connectivity index (χ2v) is 2.60. The fourth-order valence-electron chi connectivity index (χ4n) is 0.829. The summed E-state index contributed by atoms with van der Waals surface area (Å²) < 4.78 is 0. The molecule has 0 amide bonds. The molecule has 0 unspecified atom stereocenters. The summed E-state index contributed by atoms with van der Waals surface area (Å²) in [6, 6.07) is 1.81. The number of hydrogen-bond acceptors (Lipinski definition) is 3. The molecule has 0 aliphatic heterocycles. The van der Waals surface area contributed by atoms with Crippen molar-refractivity contribution in [2.24, 2.45) is 4.99 Å². The molecule has 0 aliphatic rings. The van der Waals surface area contributed by atoms with Crippen molar-refractivity contribution in [2.75, 3.05) is 6.54 Å². The SMILES string of the molecule is O=C=NCCc1ccncc1Cl. The molecular formula is C8H7ClN2O. The molecule has 0 atom stereocenters. The van der Waals surface area contributed by atoms with Gasteiger partial charge in [-0.05, 0) is 18.1 Å². The maximum atomic E-state index is 9.74. The highest BCUT2D eigenvalue weighted by atomic mass is 35.5. The van der Waals surface area contributed by atoms with Gasteiger partial charge in [0, 0.05) is 12.4 Å². The quantitative estimate of drug-likeness (QED) is 0.527. The molecule has 4 heteroatoms. The Kier molecular flexibility index (Phi) is 3.45. The van der Waals surface area contributed by atoms with Crippen LogP contribution < -0.4 is 0 Å². The minimum atomic E-state index is 0.424. The van der Waals surface area contributed by atoms with Crippen molar-refractivity contribution in [3.63, 3.8) is 0 Å². The van der Waals surface area contributed by atoms with E-state index in [2.05, 4.69) is 9.98 Å². The highest BCUT2D eigenvalue weighted by Gasteiger charge is 1.97. The zero-order valence-corrected chi connectivity index (χ0v) is 7.08. The van der Waals surface area contributed by atoms with Gasteiger partial charge in [-0.3, -0.25) is 4.98 Å². The zero-order valence-electron chi connectivity index (χ0n) is 6.33. The molecule has 0 aliphatic carbocycles. The van der Waals surface area contributed by atoms with Crippen LogP contribution in [-0.4, -0.2) is 17.6 Å². The van der Waals surface area contributed by atoms with Crippen LogP contribution in [0.15, 0.2) is 23.5 Å². The predicted molar refractivity (Wildman–Crippen MR) is 45.9 cm³/mol. The topological polar surface area (TPSA) is 42.3 Å². The van der Waals surface area contributed by atoms with Gasteiger partial charge < -0.3 is 0 Å². The first-order valence-corrected chi connectivity index (χ1v) is 3.84. The van der Waals surface area contributed by atoms with Crippen LogP contribution in [0.25, 0.3) is 0 Å². The van der Waals surface area contributed by atoms with Crippen LogP contribution in [-0.2, 0) is 11.2 Å². The highest BCUT2D eigenvalue weighted by Crippen LogP contribution is 2.13. The number of carbonyl (C=O) groups excluding carboxylic acids is 1. The van der Waals surface area contributed by atoms with Crippen LogP contribution in [0.1, 0.15) is 5.56 Å². The van der Waals surface area contributed by atoms with Gasteiger partial charge >= 0.3 is 0 Å². The molecule has 0 spiro atoms. The van der Waals surface area contributed by atoms with Gasteiger partial charge in [0.1, 0.15) is 0 Å². The Morgan fingerprint density at radius 2 is 2.50 bits per heavy atom. The molecule has 12 heavy (non-hydrogen) atoms. The van der Waals surface area contributed by atoms with Crippen LogP contribution in [0.5, 0.6) is 0 Å². The van der Waals surface area contributed by atoms with Crippen molar-refractivity contribution in [3.05, 3.63) is 29.0 Å². The molecule has 0 saturated heterocycles. The molecule has 62 valence electrons. The maximum Gasteiger partial charge on any atom is 0.234 e. The van der Waals surface area contributed by atoms with Crippen molar-refractivity contribution < 1.29 is 4.79 Å². The third kappa shape index (κ3) is 2.46. The molecule has 0 fully saturated rings. The van der Waals surface area contributed by atoms with E-state index in [-0.39, 0.29) is 0 Å². The normalized spacial score (nSPS) is 9.08. The number of rotatable bonds is 3. The van der Waals surface area contributed by atoms with E-state index in [1.165, 1.54) is 6.08 Å². The third-order valence-corrected chi connectivity index (χ3v) is 1.75. The Morgan fingerprint density at radius 3 is 3.17 bits per heavy atom. The highest BCUT2D eigenvalue weighted by molar-refractivity contribution is 6.31. The number of halogens is 1. The first-order chi connectivity index (χ1) is 5.84. The monoisotopic (exact) mass is 182 g/mol. The summed E-state index contributed by atoms with van der Waals surface area (Å²) in [5.41, 5.74) is 0.950. The number of hydrogen-bond donors (Lipinski definition) is 0. The van der Waals surface area contributed by atoms with Crippen LogP contribution in [0, 0.1) is 0 Å². The van der Waals surface area contributed by atoms with Crippen LogP contribution in [0.3, 0.4) is 0 Å². The average Bonchev–Trinajstić information content (AvgIpc) is 2.09. The number of aliphatic imine (C=N–C) groups is 1. The standard InChI is InChI=1S/C8H7ClN2O/c9-8-5-10-3-1-7(8)2-4-11-6-12/h1,3,5H,2,4H2. The Labute approximate surface area is 75.1 Å². The number of nitrogens with zero attached hydrogens (tertiary/aromatic N) is 2. The molecule has 0 saturated carbocycles. The maximum absolute atomic E-state index is 9.74. The van der Waals surface area contributed by atoms with Crippen LogP contribution >= 0.6 is 11.6 Å². The fraction of sp³-hybridized carbons (Fsp3) is 0.250. The van der Waals surface area contributed by atoms with Gasteiger partial charge in [-0.1, -0.05) is 11.6 Å².